The summed E-state index contributed by atoms with van der Waals surface area (Å²) in [4.78, 5) is 2.37. The van der Waals surface area contributed by atoms with Crippen LogP contribution in [0.15, 0.2) is 192 Å². The topological polar surface area (TPSA) is 16.4 Å². The minimum absolute atomic E-state index is 0.875. The van der Waals surface area contributed by atoms with Gasteiger partial charge in [0.15, 0.2) is 0 Å². The lowest BCUT2D eigenvalue weighted by Gasteiger charge is -2.26. The molecule has 0 spiro atoms. The van der Waals surface area contributed by atoms with Crippen LogP contribution in [0.2, 0.25) is 0 Å². The van der Waals surface area contributed by atoms with E-state index in [1.54, 1.807) is 0 Å². The van der Waals surface area contributed by atoms with Crippen molar-refractivity contribution in [2.75, 3.05) is 4.90 Å². The molecule has 11 aromatic rings. The summed E-state index contributed by atoms with van der Waals surface area (Å²) in [5, 5.41) is 9.65. The predicted octanol–water partition coefficient (Wildman–Crippen LogP) is 15.1. The van der Waals surface area contributed by atoms with Crippen LogP contribution in [0.1, 0.15) is 0 Å². The number of hydrogen-bond acceptors (Lipinski definition) is 3. The summed E-state index contributed by atoms with van der Waals surface area (Å²) in [7, 11) is 0. The van der Waals surface area contributed by atoms with E-state index < -0.39 is 0 Å². The molecule has 0 amide bonds. The van der Waals surface area contributed by atoms with Crippen molar-refractivity contribution in [1.29, 1.82) is 0 Å². The molecule has 0 unspecified atom stereocenters. The van der Waals surface area contributed by atoms with Crippen molar-refractivity contribution in [2.45, 2.75) is 0 Å². The molecule has 0 fully saturated rings. The molecule has 0 aliphatic carbocycles. The Morgan fingerprint density at radius 3 is 1.75 bits per heavy atom. The van der Waals surface area contributed by atoms with E-state index in [4.69, 9.17) is 4.42 Å². The number of nitrogens with zero attached hydrogens (tertiary/aromatic N) is 1. The highest BCUT2D eigenvalue weighted by Crippen LogP contribution is 2.45. The highest BCUT2D eigenvalue weighted by atomic mass is 32.1. The first-order valence-electron chi connectivity index (χ1n) is 18.0. The van der Waals surface area contributed by atoms with E-state index in [1.807, 2.05) is 11.3 Å². The van der Waals surface area contributed by atoms with Gasteiger partial charge in [-0.1, -0.05) is 127 Å². The number of furan rings is 1. The van der Waals surface area contributed by atoms with E-state index in [0.29, 0.717) is 0 Å². The van der Waals surface area contributed by atoms with Crippen molar-refractivity contribution in [2.24, 2.45) is 0 Å². The lowest BCUT2D eigenvalue weighted by molar-refractivity contribution is 0.672. The maximum absolute atomic E-state index is 6.65. The van der Waals surface area contributed by atoms with Crippen molar-refractivity contribution in [3.8, 4) is 22.3 Å². The molecule has 0 atom stereocenters. The highest BCUT2D eigenvalue weighted by molar-refractivity contribution is 7.25. The number of benzene rings is 9. The Balaban J connectivity index is 1.06. The lowest BCUT2D eigenvalue weighted by Crippen LogP contribution is -2.10. The summed E-state index contributed by atoms with van der Waals surface area (Å²) in [5.74, 6) is 0. The first kappa shape index (κ1) is 30.0. The molecular formula is C50H31NOS. The fourth-order valence-electron chi connectivity index (χ4n) is 8.03. The second kappa shape index (κ2) is 11.9. The quantitative estimate of drug-likeness (QED) is 0.178. The standard InChI is InChI=1S/C50H31NOS/c1-2-10-36-30-37(17-16-32(36)8-1)33-18-24-39(25-19-33)51(45-13-7-14-46-49(45)44-29-22-35-9-3-4-11-41(35)50(44)52-46)40-26-20-34(21-27-40)38-23-28-43-42-12-5-6-15-47(42)53-48(43)31-38/h1-31H. The number of hydrogen-bond donors (Lipinski definition) is 0. The predicted molar refractivity (Wildman–Crippen MR) is 227 cm³/mol. The van der Waals surface area contributed by atoms with Crippen molar-refractivity contribution in [3.05, 3.63) is 188 Å². The Morgan fingerprint density at radius 2 is 0.962 bits per heavy atom. The van der Waals surface area contributed by atoms with E-state index in [2.05, 4.69) is 193 Å². The molecule has 0 N–H and O–H groups in total. The molecule has 0 aliphatic heterocycles. The van der Waals surface area contributed by atoms with Gasteiger partial charge in [-0.15, -0.1) is 11.3 Å². The summed E-state index contributed by atoms with van der Waals surface area (Å²) >= 11 is 1.86. The van der Waals surface area contributed by atoms with Gasteiger partial charge >= 0.3 is 0 Å². The van der Waals surface area contributed by atoms with Crippen LogP contribution in [0.3, 0.4) is 0 Å². The average molecular weight is 694 g/mol. The number of anilines is 3. The van der Waals surface area contributed by atoms with Crippen LogP contribution in [0.25, 0.3) is 85.9 Å². The van der Waals surface area contributed by atoms with Crippen LogP contribution in [-0.2, 0) is 0 Å². The normalized spacial score (nSPS) is 11.8. The van der Waals surface area contributed by atoms with Crippen LogP contribution in [-0.4, -0.2) is 0 Å². The van der Waals surface area contributed by atoms with Gasteiger partial charge in [-0.05, 0) is 99.1 Å². The van der Waals surface area contributed by atoms with Crippen LogP contribution < -0.4 is 4.90 Å². The molecule has 53 heavy (non-hydrogen) atoms. The summed E-state index contributed by atoms with van der Waals surface area (Å²) in [6, 6.07) is 68.0. The van der Waals surface area contributed by atoms with Crippen LogP contribution >= 0.6 is 11.3 Å². The van der Waals surface area contributed by atoms with Crippen molar-refractivity contribution >= 4 is 92.1 Å². The second-order valence-electron chi connectivity index (χ2n) is 13.7. The minimum Gasteiger partial charge on any atom is -0.455 e. The van der Waals surface area contributed by atoms with Crippen molar-refractivity contribution in [1.82, 2.24) is 0 Å². The van der Waals surface area contributed by atoms with Gasteiger partial charge < -0.3 is 9.32 Å². The number of rotatable bonds is 5. The third kappa shape index (κ3) is 4.93. The van der Waals surface area contributed by atoms with Gasteiger partial charge in [-0.2, -0.15) is 0 Å². The smallest absolute Gasteiger partial charge is 0.143 e. The molecule has 2 nitrogen and oxygen atoms in total. The SMILES string of the molecule is c1ccc2cc(-c3ccc(N(c4ccc(-c5ccc6c(c5)sc5ccccc56)cc4)c4cccc5oc6c7ccccc7ccc6c45)cc3)ccc2c1. The molecule has 248 valence electrons. The zero-order valence-corrected chi connectivity index (χ0v) is 29.5. The summed E-state index contributed by atoms with van der Waals surface area (Å²) < 4.78 is 9.29. The van der Waals surface area contributed by atoms with Gasteiger partial charge in [-0.3, -0.25) is 0 Å². The van der Waals surface area contributed by atoms with E-state index in [9.17, 15) is 0 Å². The fourth-order valence-corrected chi connectivity index (χ4v) is 9.17. The third-order valence-electron chi connectivity index (χ3n) is 10.7. The Bertz CT molecular complexity index is 3170. The monoisotopic (exact) mass is 693 g/mol. The van der Waals surface area contributed by atoms with Crippen LogP contribution in [0, 0.1) is 0 Å². The molecule has 0 bridgehead atoms. The lowest BCUT2D eigenvalue weighted by atomic mass is 10.00. The Kier molecular flexibility index (Phi) is 6.76. The molecule has 0 radical (unpaired) electrons. The molecule has 2 aromatic heterocycles. The second-order valence-corrected chi connectivity index (χ2v) is 14.8. The molecule has 0 saturated heterocycles. The van der Waals surface area contributed by atoms with Gasteiger partial charge in [0.1, 0.15) is 11.2 Å². The highest BCUT2D eigenvalue weighted by Gasteiger charge is 2.21. The van der Waals surface area contributed by atoms with E-state index in [0.717, 1.165) is 44.4 Å². The zero-order valence-electron chi connectivity index (χ0n) is 28.7. The largest absolute Gasteiger partial charge is 0.455 e. The van der Waals surface area contributed by atoms with Crippen LogP contribution in [0.4, 0.5) is 17.1 Å². The Morgan fingerprint density at radius 1 is 0.377 bits per heavy atom. The average Bonchev–Trinajstić information content (AvgIpc) is 3.80. The summed E-state index contributed by atoms with van der Waals surface area (Å²) in [6.45, 7) is 0. The zero-order chi connectivity index (χ0) is 34.9. The molecule has 3 heteroatoms. The van der Waals surface area contributed by atoms with Crippen molar-refractivity contribution in [3.63, 3.8) is 0 Å². The molecule has 11 rings (SSSR count). The van der Waals surface area contributed by atoms with E-state index in [1.165, 1.54) is 58.6 Å². The van der Waals surface area contributed by atoms with Gasteiger partial charge in [0.2, 0.25) is 0 Å². The summed E-state index contributed by atoms with van der Waals surface area (Å²) in [6.07, 6.45) is 0. The third-order valence-corrected chi connectivity index (χ3v) is 11.8. The maximum Gasteiger partial charge on any atom is 0.143 e. The summed E-state index contributed by atoms with van der Waals surface area (Å²) in [5.41, 5.74) is 9.84. The van der Waals surface area contributed by atoms with Crippen LogP contribution in [0.5, 0.6) is 0 Å². The molecular weight excluding hydrogens is 663 g/mol. The van der Waals surface area contributed by atoms with Gasteiger partial charge in [0, 0.05) is 42.3 Å². The fraction of sp³-hybridized carbons (Fsp3) is 0. The minimum atomic E-state index is 0.875. The van der Waals surface area contributed by atoms with Gasteiger partial charge in [0.05, 0.1) is 11.1 Å². The van der Waals surface area contributed by atoms with Crippen molar-refractivity contribution < 1.29 is 4.42 Å². The van der Waals surface area contributed by atoms with Gasteiger partial charge in [-0.25, -0.2) is 0 Å². The Labute approximate surface area is 310 Å². The van der Waals surface area contributed by atoms with Gasteiger partial charge in [0.25, 0.3) is 0 Å². The van der Waals surface area contributed by atoms with E-state index >= 15 is 0 Å². The first-order chi connectivity index (χ1) is 26.2. The maximum atomic E-state index is 6.65. The van der Waals surface area contributed by atoms with E-state index in [-0.39, 0.29) is 0 Å². The molecule has 9 aromatic carbocycles. The molecule has 2 heterocycles. The molecule has 0 saturated carbocycles. The number of thiophene rings is 1. The Hall–Kier alpha value is -6.68. The first-order valence-corrected chi connectivity index (χ1v) is 18.8. The molecule has 0 aliphatic rings. The number of fused-ring (bicyclic) bond motifs is 9.